The van der Waals surface area contributed by atoms with Crippen LogP contribution in [-0.4, -0.2) is 6.54 Å². The Kier molecular flexibility index (Phi) is 4.45. The largest absolute Gasteiger partial charge is 0.310 e. The van der Waals surface area contributed by atoms with E-state index >= 15 is 0 Å². The maximum Gasteiger partial charge on any atom is 0.0326 e. The van der Waals surface area contributed by atoms with Gasteiger partial charge in [0.2, 0.25) is 0 Å². The summed E-state index contributed by atoms with van der Waals surface area (Å²) in [4.78, 5) is 0. The molecular formula is C17H27N. The molecule has 0 amide bonds. The maximum atomic E-state index is 3.80. The molecule has 1 atom stereocenters. The van der Waals surface area contributed by atoms with Gasteiger partial charge in [-0.1, -0.05) is 52.0 Å². The van der Waals surface area contributed by atoms with Crippen molar-refractivity contribution in [2.45, 2.75) is 46.6 Å². The molecule has 1 aromatic rings. The van der Waals surface area contributed by atoms with Crippen LogP contribution in [0.2, 0.25) is 0 Å². The van der Waals surface area contributed by atoms with Gasteiger partial charge in [-0.05, 0) is 48.3 Å². The van der Waals surface area contributed by atoms with E-state index in [2.05, 4.69) is 57.3 Å². The molecule has 0 aliphatic heterocycles. The number of benzene rings is 1. The second-order valence-electron chi connectivity index (χ2n) is 6.35. The Morgan fingerprint density at radius 2 is 1.78 bits per heavy atom. The predicted octanol–water partition coefficient (Wildman–Crippen LogP) is 4.19. The number of aryl methyl sites for hydroxylation is 1. The monoisotopic (exact) mass is 245 g/mol. The highest BCUT2D eigenvalue weighted by Gasteiger charge is 2.24. The second-order valence-corrected chi connectivity index (χ2v) is 6.35. The summed E-state index contributed by atoms with van der Waals surface area (Å²) >= 11 is 0. The van der Waals surface area contributed by atoms with Gasteiger partial charge in [-0.25, -0.2) is 0 Å². The van der Waals surface area contributed by atoms with Crippen LogP contribution < -0.4 is 5.32 Å². The van der Waals surface area contributed by atoms with Crippen LogP contribution in [0.4, 0.5) is 0 Å². The van der Waals surface area contributed by atoms with E-state index in [1.165, 1.54) is 18.4 Å². The standard InChI is InChI=1S/C17H27N/c1-12(2)16(13(3)4)11-18-17-10-9-14-7-5-6-8-15(14)17/h5-8,12-13,16-18H,9-11H2,1-4H3. The molecule has 1 aliphatic carbocycles. The van der Waals surface area contributed by atoms with Gasteiger partial charge in [0.15, 0.2) is 0 Å². The lowest BCUT2D eigenvalue weighted by Gasteiger charge is -2.27. The fraction of sp³-hybridized carbons (Fsp3) is 0.647. The third-order valence-electron chi connectivity index (χ3n) is 4.45. The lowest BCUT2D eigenvalue weighted by Crippen LogP contribution is -2.31. The summed E-state index contributed by atoms with van der Waals surface area (Å²) < 4.78 is 0. The molecule has 1 N–H and O–H groups in total. The summed E-state index contributed by atoms with van der Waals surface area (Å²) in [7, 11) is 0. The Labute approximate surface area is 112 Å². The number of fused-ring (bicyclic) bond motifs is 1. The molecule has 100 valence electrons. The first-order valence-electron chi connectivity index (χ1n) is 7.40. The number of nitrogens with one attached hydrogen (secondary N) is 1. The van der Waals surface area contributed by atoms with Crippen LogP contribution in [0.15, 0.2) is 24.3 Å². The van der Waals surface area contributed by atoms with Gasteiger partial charge in [0.05, 0.1) is 0 Å². The van der Waals surface area contributed by atoms with E-state index < -0.39 is 0 Å². The zero-order valence-corrected chi connectivity index (χ0v) is 12.2. The Bertz CT molecular complexity index is 373. The summed E-state index contributed by atoms with van der Waals surface area (Å²) in [5.74, 6) is 2.29. The van der Waals surface area contributed by atoms with E-state index in [-0.39, 0.29) is 0 Å². The first-order valence-corrected chi connectivity index (χ1v) is 7.40. The Morgan fingerprint density at radius 1 is 1.11 bits per heavy atom. The van der Waals surface area contributed by atoms with Crippen molar-refractivity contribution in [1.29, 1.82) is 0 Å². The summed E-state index contributed by atoms with van der Waals surface area (Å²) in [6, 6.07) is 9.48. The molecule has 0 bridgehead atoms. The molecule has 0 saturated carbocycles. The molecular weight excluding hydrogens is 218 g/mol. The van der Waals surface area contributed by atoms with Gasteiger partial charge in [0, 0.05) is 6.04 Å². The molecule has 0 fully saturated rings. The second kappa shape index (κ2) is 5.88. The molecule has 0 saturated heterocycles. The van der Waals surface area contributed by atoms with Crippen molar-refractivity contribution in [2.75, 3.05) is 6.54 Å². The highest BCUT2D eigenvalue weighted by atomic mass is 14.9. The van der Waals surface area contributed by atoms with Gasteiger partial charge in [-0.3, -0.25) is 0 Å². The van der Waals surface area contributed by atoms with E-state index in [1.54, 1.807) is 5.56 Å². The Balaban J connectivity index is 1.96. The van der Waals surface area contributed by atoms with Crippen molar-refractivity contribution in [2.24, 2.45) is 17.8 Å². The van der Waals surface area contributed by atoms with Gasteiger partial charge in [-0.2, -0.15) is 0 Å². The molecule has 0 heterocycles. The van der Waals surface area contributed by atoms with Crippen LogP contribution in [0.25, 0.3) is 0 Å². The van der Waals surface area contributed by atoms with Crippen LogP contribution in [-0.2, 0) is 6.42 Å². The van der Waals surface area contributed by atoms with Gasteiger partial charge in [-0.15, -0.1) is 0 Å². The normalized spacial score (nSPS) is 18.9. The van der Waals surface area contributed by atoms with Crippen molar-refractivity contribution in [3.63, 3.8) is 0 Å². The first kappa shape index (κ1) is 13.6. The van der Waals surface area contributed by atoms with E-state index in [9.17, 15) is 0 Å². The average molecular weight is 245 g/mol. The number of hydrogen-bond donors (Lipinski definition) is 1. The van der Waals surface area contributed by atoms with Crippen LogP contribution in [0.5, 0.6) is 0 Å². The van der Waals surface area contributed by atoms with Gasteiger partial charge in [0.25, 0.3) is 0 Å². The average Bonchev–Trinajstić information content (AvgIpc) is 2.72. The minimum Gasteiger partial charge on any atom is -0.310 e. The van der Waals surface area contributed by atoms with E-state index in [0.717, 1.165) is 24.3 Å². The number of hydrogen-bond acceptors (Lipinski definition) is 1. The zero-order chi connectivity index (χ0) is 13.1. The molecule has 1 heteroatoms. The smallest absolute Gasteiger partial charge is 0.0326 e. The molecule has 1 aliphatic rings. The minimum atomic E-state index is 0.584. The predicted molar refractivity (Wildman–Crippen MR) is 78.7 cm³/mol. The van der Waals surface area contributed by atoms with Gasteiger partial charge < -0.3 is 5.32 Å². The summed E-state index contributed by atoms with van der Waals surface area (Å²) in [6.45, 7) is 10.5. The summed E-state index contributed by atoms with van der Waals surface area (Å²) in [5.41, 5.74) is 3.07. The highest BCUT2D eigenvalue weighted by molar-refractivity contribution is 5.34. The van der Waals surface area contributed by atoms with Crippen molar-refractivity contribution in [3.05, 3.63) is 35.4 Å². The number of rotatable bonds is 5. The molecule has 1 aromatic carbocycles. The Morgan fingerprint density at radius 3 is 2.44 bits per heavy atom. The van der Waals surface area contributed by atoms with Crippen LogP contribution in [0.1, 0.15) is 51.3 Å². The van der Waals surface area contributed by atoms with E-state index in [1.807, 2.05) is 0 Å². The van der Waals surface area contributed by atoms with Crippen molar-refractivity contribution < 1.29 is 0 Å². The topological polar surface area (TPSA) is 12.0 Å². The SMILES string of the molecule is CC(C)C(CNC1CCc2ccccc21)C(C)C. The van der Waals surface area contributed by atoms with Crippen LogP contribution in [0.3, 0.4) is 0 Å². The van der Waals surface area contributed by atoms with Gasteiger partial charge in [0.1, 0.15) is 0 Å². The molecule has 1 nitrogen and oxygen atoms in total. The third kappa shape index (κ3) is 2.95. The zero-order valence-electron chi connectivity index (χ0n) is 12.2. The van der Waals surface area contributed by atoms with Crippen molar-refractivity contribution in [1.82, 2.24) is 5.32 Å². The summed E-state index contributed by atoms with van der Waals surface area (Å²) in [5, 5.41) is 3.80. The van der Waals surface area contributed by atoms with Crippen LogP contribution in [0, 0.1) is 17.8 Å². The maximum absolute atomic E-state index is 3.80. The minimum absolute atomic E-state index is 0.584. The molecule has 1 unspecified atom stereocenters. The Hall–Kier alpha value is -0.820. The van der Waals surface area contributed by atoms with Gasteiger partial charge >= 0.3 is 0 Å². The summed E-state index contributed by atoms with van der Waals surface area (Å²) in [6.07, 6.45) is 2.50. The van der Waals surface area contributed by atoms with Crippen LogP contribution >= 0.6 is 0 Å². The van der Waals surface area contributed by atoms with Crippen molar-refractivity contribution in [3.8, 4) is 0 Å². The first-order chi connectivity index (χ1) is 8.59. The molecule has 0 aromatic heterocycles. The fourth-order valence-electron chi connectivity index (χ4n) is 3.29. The fourth-order valence-corrected chi connectivity index (χ4v) is 3.29. The van der Waals surface area contributed by atoms with E-state index in [4.69, 9.17) is 0 Å². The quantitative estimate of drug-likeness (QED) is 0.820. The molecule has 0 radical (unpaired) electrons. The lowest BCUT2D eigenvalue weighted by atomic mass is 9.85. The lowest BCUT2D eigenvalue weighted by molar-refractivity contribution is 0.265. The highest BCUT2D eigenvalue weighted by Crippen LogP contribution is 2.31. The molecule has 0 spiro atoms. The molecule has 2 rings (SSSR count). The van der Waals surface area contributed by atoms with E-state index in [0.29, 0.717) is 6.04 Å². The molecule has 18 heavy (non-hydrogen) atoms. The van der Waals surface area contributed by atoms with Crippen molar-refractivity contribution >= 4 is 0 Å². The third-order valence-corrected chi connectivity index (χ3v) is 4.45.